The summed E-state index contributed by atoms with van der Waals surface area (Å²) in [4.78, 5) is 18.4. The molecular formula is C14H16ClN3O. The molecule has 19 heavy (non-hydrogen) atoms. The van der Waals surface area contributed by atoms with Crippen LogP contribution in [0.4, 0.5) is 0 Å². The van der Waals surface area contributed by atoms with Crippen molar-refractivity contribution in [2.45, 2.75) is 19.3 Å². The van der Waals surface area contributed by atoms with Crippen molar-refractivity contribution in [2.75, 3.05) is 6.54 Å². The van der Waals surface area contributed by atoms with Crippen LogP contribution < -0.4 is 5.32 Å². The van der Waals surface area contributed by atoms with E-state index in [9.17, 15) is 4.79 Å². The van der Waals surface area contributed by atoms with Crippen molar-refractivity contribution >= 4 is 17.5 Å². The number of benzene rings is 1. The second-order valence-corrected chi connectivity index (χ2v) is 5.48. The maximum atomic E-state index is 11.8. The van der Waals surface area contributed by atoms with E-state index in [4.69, 9.17) is 11.6 Å². The first-order valence-electron chi connectivity index (χ1n) is 6.02. The molecule has 0 atom stereocenters. The highest BCUT2D eigenvalue weighted by Crippen LogP contribution is 2.24. The van der Waals surface area contributed by atoms with Gasteiger partial charge in [0.25, 0.3) is 5.91 Å². The van der Waals surface area contributed by atoms with Crippen LogP contribution >= 0.6 is 11.6 Å². The lowest BCUT2D eigenvalue weighted by atomic mass is 9.84. The number of rotatable bonds is 4. The van der Waals surface area contributed by atoms with Gasteiger partial charge in [-0.05, 0) is 17.7 Å². The van der Waals surface area contributed by atoms with Crippen molar-refractivity contribution in [2.24, 2.45) is 0 Å². The minimum Gasteiger partial charge on any atom is -0.350 e. The van der Waals surface area contributed by atoms with Crippen LogP contribution in [0.5, 0.6) is 0 Å². The first kappa shape index (κ1) is 13.6. The van der Waals surface area contributed by atoms with Crippen LogP contribution in [0.3, 0.4) is 0 Å². The summed E-state index contributed by atoms with van der Waals surface area (Å²) in [6.07, 6.45) is 2.98. The van der Waals surface area contributed by atoms with E-state index < -0.39 is 0 Å². The third kappa shape index (κ3) is 3.35. The standard InChI is InChI=1S/C14H16ClN3O/c1-14(2,10-4-3-5-11(15)6-10)8-17-13(19)12-7-16-9-18-12/h3-7,9H,8H2,1-2H3,(H,16,18)(H,17,19). The van der Waals surface area contributed by atoms with E-state index in [2.05, 4.69) is 29.1 Å². The average Bonchev–Trinajstić information content (AvgIpc) is 2.90. The molecule has 5 heteroatoms. The number of hydrogen-bond acceptors (Lipinski definition) is 2. The quantitative estimate of drug-likeness (QED) is 0.903. The summed E-state index contributed by atoms with van der Waals surface area (Å²) in [5, 5.41) is 3.59. The highest BCUT2D eigenvalue weighted by atomic mass is 35.5. The van der Waals surface area contributed by atoms with Crippen molar-refractivity contribution in [3.8, 4) is 0 Å². The van der Waals surface area contributed by atoms with Gasteiger partial charge in [-0.2, -0.15) is 0 Å². The average molecular weight is 278 g/mol. The summed E-state index contributed by atoms with van der Waals surface area (Å²) in [5.41, 5.74) is 1.35. The Bertz CT molecular complexity index is 564. The number of carbonyl (C=O) groups is 1. The lowest BCUT2D eigenvalue weighted by Crippen LogP contribution is -2.36. The molecule has 2 N–H and O–H groups in total. The lowest BCUT2D eigenvalue weighted by Gasteiger charge is -2.25. The smallest absolute Gasteiger partial charge is 0.269 e. The predicted octanol–water partition coefficient (Wildman–Crippen LogP) is 2.77. The fourth-order valence-corrected chi connectivity index (χ4v) is 1.98. The molecular weight excluding hydrogens is 262 g/mol. The number of hydrogen-bond donors (Lipinski definition) is 2. The molecule has 1 heterocycles. The Morgan fingerprint density at radius 2 is 2.26 bits per heavy atom. The summed E-state index contributed by atoms with van der Waals surface area (Å²) in [5.74, 6) is -0.160. The van der Waals surface area contributed by atoms with Gasteiger partial charge in [0, 0.05) is 17.0 Å². The van der Waals surface area contributed by atoms with Crippen molar-refractivity contribution in [1.82, 2.24) is 15.3 Å². The summed E-state index contributed by atoms with van der Waals surface area (Å²) in [7, 11) is 0. The number of carbonyl (C=O) groups excluding carboxylic acids is 1. The van der Waals surface area contributed by atoms with Gasteiger partial charge < -0.3 is 10.3 Å². The molecule has 0 aliphatic rings. The van der Waals surface area contributed by atoms with Gasteiger partial charge in [0.05, 0.1) is 12.5 Å². The van der Waals surface area contributed by atoms with E-state index in [1.807, 2.05) is 24.3 Å². The number of aromatic amines is 1. The monoisotopic (exact) mass is 277 g/mol. The maximum Gasteiger partial charge on any atom is 0.269 e. The lowest BCUT2D eigenvalue weighted by molar-refractivity contribution is 0.0941. The number of aromatic nitrogens is 2. The Morgan fingerprint density at radius 1 is 1.47 bits per heavy atom. The largest absolute Gasteiger partial charge is 0.350 e. The molecule has 0 aliphatic carbocycles. The zero-order valence-electron chi connectivity index (χ0n) is 10.9. The van der Waals surface area contributed by atoms with Crippen LogP contribution in [0, 0.1) is 0 Å². The predicted molar refractivity (Wildman–Crippen MR) is 75.4 cm³/mol. The molecule has 2 rings (SSSR count). The van der Waals surface area contributed by atoms with Crippen LogP contribution in [0.15, 0.2) is 36.8 Å². The molecule has 0 saturated heterocycles. The molecule has 0 saturated carbocycles. The molecule has 0 bridgehead atoms. The molecule has 4 nitrogen and oxygen atoms in total. The van der Waals surface area contributed by atoms with Crippen LogP contribution in [0.1, 0.15) is 29.9 Å². The highest BCUT2D eigenvalue weighted by molar-refractivity contribution is 6.30. The number of amides is 1. The van der Waals surface area contributed by atoms with Gasteiger partial charge in [0.1, 0.15) is 5.69 Å². The van der Waals surface area contributed by atoms with Crippen molar-refractivity contribution in [3.05, 3.63) is 53.1 Å². The van der Waals surface area contributed by atoms with E-state index in [-0.39, 0.29) is 11.3 Å². The van der Waals surface area contributed by atoms with Gasteiger partial charge in [-0.15, -0.1) is 0 Å². The van der Waals surface area contributed by atoms with Crippen molar-refractivity contribution < 1.29 is 4.79 Å². The third-order valence-electron chi connectivity index (χ3n) is 3.04. The molecule has 1 aromatic carbocycles. The van der Waals surface area contributed by atoms with Gasteiger partial charge in [0.15, 0.2) is 0 Å². The number of imidazole rings is 1. The minimum absolute atomic E-state index is 0.160. The zero-order chi connectivity index (χ0) is 13.9. The minimum atomic E-state index is -0.194. The van der Waals surface area contributed by atoms with Crippen molar-refractivity contribution in [1.29, 1.82) is 0 Å². The second-order valence-electron chi connectivity index (χ2n) is 5.04. The molecule has 0 unspecified atom stereocenters. The Hall–Kier alpha value is -1.81. The third-order valence-corrected chi connectivity index (χ3v) is 3.27. The normalized spacial score (nSPS) is 11.3. The first-order chi connectivity index (χ1) is 8.99. The van der Waals surface area contributed by atoms with E-state index in [0.717, 1.165) is 5.56 Å². The Labute approximate surface area is 117 Å². The molecule has 1 amide bonds. The number of halogens is 1. The van der Waals surface area contributed by atoms with E-state index in [1.54, 1.807) is 0 Å². The molecule has 1 aromatic heterocycles. The molecule has 0 radical (unpaired) electrons. The van der Waals surface area contributed by atoms with Gasteiger partial charge in [-0.3, -0.25) is 4.79 Å². The van der Waals surface area contributed by atoms with Gasteiger partial charge in [-0.1, -0.05) is 37.6 Å². The second kappa shape index (κ2) is 5.45. The van der Waals surface area contributed by atoms with Gasteiger partial charge in [0.2, 0.25) is 0 Å². The van der Waals surface area contributed by atoms with Gasteiger partial charge >= 0.3 is 0 Å². The van der Waals surface area contributed by atoms with E-state index in [0.29, 0.717) is 17.3 Å². The number of H-pyrrole nitrogens is 1. The highest BCUT2D eigenvalue weighted by Gasteiger charge is 2.22. The number of nitrogens with one attached hydrogen (secondary N) is 2. The molecule has 2 aromatic rings. The van der Waals surface area contributed by atoms with Crippen LogP contribution in [-0.4, -0.2) is 22.4 Å². The van der Waals surface area contributed by atoms with E-state index in [1.165, 1.54) is 12.5 Å². The summed E-state index contributed by atoms with van der Waals surface area (Å²) >= 11 is 5.99. The maximum absolute atomic E-state index is 11.8. The van der Waals surface area contributed by atoms with Crippen molar-refractivity contribution in [3.63, 3.8) is 0 Å². The first-order valence-corrected chi connectivity index (χ1v) is 6.39. The van der Waals surface area contributed by atoms with Crippen LogP contribution in [-0.2, 0) is 5.41 Å². The fourth-order valence-electron chi connectivity index (χ4n) is 1.79. The molecule has 100 valence electrons. The van der Waals surface area contributed by atoms with E-state index >= 15 is 0 Å². The molecule has 0 fully saturated rings. The van der Waals surface area contributed by atoms with Gasteiger partial charge in [-0.25, -0.2) is 4.98 Å². The summed E-state index contributed by atoms with van der Waals surface area (Å²) < 4.78 is 0. The van der Waals surface area contributed by atoms with Crippen LogP contribution in [0.2, 0.25) is 5.02 Å². The van der Waals surface area contributed by atoms with Crippen LogP contribution in [0.25, 0.3) is 0 Å². The zero-order valence-corrected chi connectivity index (χ0v) is 11.7. The summed E-state index contributed by atoms with van der Waals surface area (Å²) in [6.45, 7) is 4.64. The Kier molecular flexibility index (Phi) is 3.90. The number of nitrogens with zero attached hydrogens (tertiary/aromatic N) is 1. The SMILES string of the molecule is CC(C)(CNC(=O)c1cnc[nH]1)c1cccc(Cl)c1. The Balaban J connectivity index is 2.03. The Morgan fingerprint density at radius 3 is 2.89 bits per heavy atom. The fraction of sp³-hybridized carbons (Fsp3) is 0.286. The summed E-state index contributed by atoms with van der Waals surface area (Å²) in [6, 6.07) is 7.68. The molecule has 0 spiro atoms. The topological polar surface area (TPSA) is 57.8 Å². The molecule has 0 aliphatic heterocycles.